The van der Waals surface area contributed by atoms with Crippen LogP contribution >= 0.6 is 0 Å². The summed E-state index contributed by atoms with van der Waals surface area (Å²) in [6, 6.07) is 7.98. The van der Waals surface area contributed by atoms with Crippen molar-refractivity contribution < 1.29 is 9.13 Å². The number of ether oxygens (including phenoxy) is 1. The van der Waals surface area contributed by atoms with Gasteiger partial charge in [-0.2, -0.15) is 0 Å². The molecular weight excluding hydrogens is 219 g/mol. The molecule has 4 heteroatoms. The van der Waals surface area contributed by atoms with Gasteiger partial charge < -0.3 is 10.5 Å². The Hall–Kier alpha value is -1.13. The maximum absolute atomic E-state index is 12.5. The normalized spacial score (nSPS) is 16.8. The number of halogens is 1. The van der Waals surface area contributed by atoms with Crippen molar-refractivity contribution >= 4 is 0 Å². The number of likely N-dealkylation sites (tertiary alicyclic amines) is 1. The zero-order valence-electron chi connectivity index (χ0n) is 9.94. The molecule has 0 bridgehead atoms. The van der Waals surface area contributed by atoms with E-state index in [0.29, 0.717) is 26.2 Å². The highest BCUT2D eigenvalue weighted by atomic mass is 19.1. The van der Waals surface area contributed by atoms with Gasteiger partial charge in [0.15, 0.2) is 0 Å². The summed E-state index contributed by atoms with van der Waals surface area (Å²) in [6.07, 6.45) is 0.261. The predicted octanol–water partition coefficient (Wildman–Crippen LogP) is 1.22. The minimum atomic E-state index is -0.634. The Kier molecular flexibility index (Phi) is 4.34. The maximum Gasteiger partial charge on any atom is 0.125 e. The zero-order valence-corrected chi connectivity index (χ0v) is 9.94. The summed E-state index contributed by atoms with van der Waals surface area (Å²) >= 11 is 0. The Morgan fingerprint density at radius 1 is 1.29 bits per heavy atom. The van der Waals surface area contributed by atoms with Crippen LogP contribution in [-0.4, -0.2) is 43.9 Å². The zero-order chi connectivity index (χ0) is 12.1. The SMILES string of the molecule is NCCc1ccc(OCCN2CC(F)C2)cc1. The van der Waals surface area contributed by atoms with Crippen LogP contribution in [0.1, 0.15) is 5.56 Å². The Morgan fingerprint density at radius 2 is 2.00 bits per heavy atom. The highest BCUT2D eigenvalue weighted by Crippen LogP contribution is 2.14. The van der Waals surface area contributed by atoms with Crippen LogP contribution in [-0.2, 0) is 6.42 Å². The molecule has 0 radical (unpaired) electrons. The molecule has 2 rings (SSSR count). The van der Waals surface area contributed by atoms with Gasteiger partial charge in [0.05, 0.1) is 0 Å². The van der Waals surface area contributed by atoms with Crippen LogP contribution in [0.4, 0.5) is 4.39 Å². The average molecular weight is 238 g/mol. The molecule has 1 fully saturated rings. The second-order valence-corrected chi connectivity index (χ2v) is 4.39. The van der Waals surface area contributed by atoms with Crippen molar-refractivity contribution in [3.8, 4) is 5.75 Å². The van der Waals surface area contributed by atoms with Crippen LogP contribution in [0.2, 0.25) is 0 Å². The molecule has 0 amide bonds. The number of nitrogens with zero attached hydrogens (tertiary/aromatic N) is 1. The van der Waals surface area contributed by atoms with E-state index >= 15 is 0 Å². The third kappa shape index (κ3) is 3.68. The lowest BCUT2D eigenvalue weighted by molar-refractivity contribution is 0.0539. The van der Waals surface area contributed by atoms with Gasteiger partial charge in [0.25, 0.3) is 0 Å². The molecule has 94 valence electrons. The molecule has 1 aliphatic rings. The Balaban J connectivity index is 1.68. The van der Waals surface area contributed by atoms with E-state index in [9.17, 15) is 4.39 Å². The molecule has 2 N–H and O–H groups in total. The third-order valence-corrected chi connectivity index (χ3v) is 2.95. The van der Waals surface area contributed by atoms with E-state index < -0.39 is 6.17 Å². The first-order chi connectivity index (χ1) is 8.28. The van der Waals surface area contributed by atoms with E-state index in [1.165, 1.54) is 5.56 Å². The van der Waals surface area contributed by atoms with E-state index in [1.54, 1.807) is 0 Å². The van der Waals surface area contributed by atoms with Gasteiger partial charge in [0.1, 0.15) is 18.5 Å². The van der Waals surface area contributed by atoms with Gasteiger partial charge in [-0.1, -0.05) is 12.1 Å². The summed E-state index contributed by atoms with van der Waals surface area (Å²) in [5, 5.41) is 0. The number of rotatable bonds is 6. The van der Waals surface area contributed by atoms with Crippen LogP contribution in [0.15, 0.2) is 24.3 Å². The van der Waals surface area contributed by atoms with E-state index in [4.69, 9.17) is 10.5 Å². The molecule has 17 heavy (non-hydrogen) atoms. The van der Waals surface area contributed by atoms with Crippen molar-refractivity contribution in [2.45, 2.75) is 12.6 Å². The first-order valence-electron chi connectivity index (χ1n) is 6.06. The van der Waals surface area contributed by atoms with Crippen molar-refractivity contribution in [1.29, 1.82) is 0 Å². The minimum Gasteiger partial charge on any atom is -0.492 e. The highest BCUT2D eigenvalue weighted by molar-refractivity contribution is 5.27. The molecule has 1 heterocycles. The maximum atomic E-state index is 12.5. The molecule has 0 aliphatic carbocycles. The molecule has 0 aromatic heterocycles. The monoisotopic (exact) mass is 238 g/mol. The van der Waals surface area contributed by atoms with Crippen molar-refractivity contribution in [2.24, 2.45) is 5.73 Å². The number of alkyl halides is 1. The average Bonchev–Trinajstić information content (AvgIpc) is 2.29. The van der Waals surface area contributed by atoms with Gasteiger partial charge >= 0.3 is 0 Å². The molecule has 1 aromatic carbocycles. The summed E-state index contributed by atoms with van der Waals surface area (Å²) in [6.45, 7) is 3.19. The van der Waals surface area contributed by atoms with Crippen molar-refractivity contribution in [2.75, 3.05) is 32.8 Å². The molecule has 0 unspecified atom stereocenters. The number of hydrogen-bond acceptors (Lipinski definition) is 3. The van der Waals surface area contributed by atoms with Gasteiger partial charge in [-0.3, -0.25) is 4.90 Å². The first-order valence-corrected chi connectivity index (χ1v) is 6.06. The molecule has 0 spiro atoms. The number of benzene rings is 1. The summed E-state index contributed by atoms with van der Waals surface area (Å²) in [7, 11) is 0. The van der Waals surface area contributed by atoms with E-state index in [1.807, 2.05) is 29.2 Å². The smallest absolute Gasteiger partial charge is 0.125 e. The fraction of sp³-hybridized carbons (Fsp3) is 0.538. The molecule has 0 atom stereocenters. The number of nitrogens with two attached hydrogens (primary N) is 1. The second-order valence-electron chi connectivity index (χ2n) is 4.39. The molecule has 3 nitrogen and oxygen atoms in total. The summed E-state index contributed by atoms with van der Waals surface area (Å²) in [5.41, 5.74) is 6.70. The number of hydrogen-bond donors (Lipinski definition) is 1. The highest BCUT2D eigenvalue weighted by Gasteiger charge is 2.25. The Bertz CT molecular complexity index is 336. The quantitative estimate of drug-likeness (QED) is 0.810. The summed E-state index contributed by atoms with van der Waals surface area (Å²) in [4.78, 5) is 2.05. The fourth-order valence-corrected chi connectivity index (χ4v) is 1.90. The molecule has 1 aromatic rings. The second kappa shape index (κ2) is 5.98. The standard InChI is InChI=1S/C13H19FN2O/c14-12-9-16(10-12)7-8-17-13-3-1-11(2-4-13)5-6-15/h1-4,12H,5-10,15H2. The van der Waals surface area contributed by atoms with Gasteiger partial charge in [-0.05, 0) is 30.7 Å². The summed E-state index contributed by atoms with van der Waals surface area (Å²) < 4.78 is 18.1. The van der Waals surface area contributed by atoms with Crippen LogP contribution in [0.3, 0.4) is 0 Å². The fourth-order valence-electron chi connectivity index (χ4n) is 1.90. The third-order valence-electron chi connectivity index (χ3n) is 2.95. The topological polar surface area (TPSA) is 38.5 Å². The minimum absolute atomic E-state index is 0.554. The lowest BCUT2D eigenvalue weighted by atomic mass is 10.1. The molecular formula is C13H19FN2O. The molecule has 0 saturated carbocycles. The van der Waals surface area contributed by atoms with Crippen molar-refractivity contribution in [3.05, 3.63) is 29.8 Å². The Morgan fingerprint density at radius 3 is 2.59 bits per heavy atom. The lowest BCUT2D eigenvalue weighted by Gasteiger charge is -2.33. The largest absolute Gasteiger partial charge is 0.492 e. The predicted molar refractivity (Wildman–Crippen MR) is 66.0 cm³/mol. The first kappa shape index (κ1) is 12.3. The Labute approximate surface area is 101 Å². The van der Waals surface area contributed by atoms with Gasteiger partial charge in [-0.25, -0.2) is 4.39 Å². The van der Waals surface area contributed by atoms with Gasteiger partial charge in [0.2, 0.25) is 0 Å². The lowest BCUT2D eigenvalue weighted by Crippen LogP contribution is -2.49. The molecule has 1 saturated heterocycles. The molecule has 1 aliphatic heterocycles. The van der Waals surface area contributed by atoms with Gasteiger partial charge in [0, 0.05) is 19.6 Å². The summed E-state index contributed by atoms with van der Waals surface area (Å²) in [5.74, 6) is 0.864. The van der Waals surface area contributed by atoms with E-state index in [0.717, 1.165) is 18.7 Å². The van der Waals surface area contributed by atoms with Crippen LogP contribution in [0.5, 0.6) is 5.75 Å². The van der Waals surface area contributed by atoms with Gasteiger partial charge in [-0.15, -0.1) is 0 Å². The van der Waals surface area contributed by atoms with Crippen LogP contribution in [0, 0.1) is 0 Å². The van der Waals surface area contributed by atoms with Crippen LogP contribution in [0.25, 0.3) is 0 Å². The van der Waals surface area contributed by atoms with E-state index in [2.05, 4.69) is 0 Å². The van der Waals surface area contributed by atoms with Crippen molar-refractivity contribution in [3.63, 3.8) is 0 Å². The van der Waals surface area contributed by atoms with E-state index in [-0.39, 0.29) is 0 Å². The van der Waals surface area contributed by atoms with Crippen molar-refractivity contribution in [1.82, 2.24) is 4.90 Å². The van der Waals surface area contributed by atoms with Crippen LogP contribution < -0.4 is 10.5 Å².